The number of nitrogens with zero attached hydrogens (tertiary/aromatic N) is 4. The molecule has 1 aromatic heterocycles. The number of fused-ring (bicyclic) bond motifs is 4. The van der Waals surface area contributed by atoms with Crippen LogP contribution in [0, 0.1) is 0 Å². The Labute approximate surface area is 536 Å². The molecule has 22 nitrogen and oxygen atoms in total. The zero-order valence-corrected chi connectivity index (χ0v) is 52.5. The summed E-state index contributed by atoms with van der Waals surface area (Å²) in [6, 6.07) is 19.7. The average Bonchev–Trinajstić information content (AvgIpc) is 1.59. The summed E-state index contributed by atoms with van der Waals surface area (Å²) in [6.07, 6.45) is 11.8. The second-order valence-electron chi connectivity index (χ2n) is 20.2. The third-order valence-corrected chi connectivity index (χ3v) is 16.8. The number of ether oxygens (including phenoxy) is 1. The average molecular weight is 1320 g/mol. The second kappa shape index (κ2) is 28.0. The van der Waals surface area contributed by atoms with E-state index in [1.165, 1.54) is 68.7 Å². The van der Waals surface area contributed by atoms with Gasteiger partial charge < -0.3 is 19.6 Å². The first kappa shape index (κ1) is 67.8. The van der Waals surface area contributed by atoms with Gasteiger partial charge in [-0.3, -0.25) is 28.3 Å². The Morgan fingerprint density at radius 3 is 2.08 bits per heavy atom. The molecule has 4 aromatic carbocycles. The van der Waals surface area contributed by atoms with E-state index in [1.54, 1.807) is 74.5 Å². The number of nitrogens with one attached hydrogen (secondary N) is 1. The van der Waals surface area contributed by atoms with Gasteiger partial charge >= 0.3 is 48.7 Å². The number of benzene rings is 4. The van der Waals surface area contributed by atoms with Crippen molar-refractivity contribution in [3.63, 3.8) is 0 Å². The van der Waals surface area contributed by atoms with E-state index in [9.17, 15) is 53.6 Å². The summed E-state index contributed by atoms with van der Waals surface area (Å²) < 4.78 is 128. The van der Waals surface area contributed by atoms with Gasteiger partial charge in [0.1, 0.15) is 0 Å². The van der Waals surface area contributed by atoms with Crippen LogP contribution in [0.3, 0.4) is 0 Å². The number of para-hydroxylation sites is 1. The molecule has 26 heteroatoms. The molecular weight excluding hydrogens is 1280 g/mol. The van der Waals surface area contributed by atoms with E-state index in [4.69, 9.17) is 14.4 Å². The number of carboxylic acid groups (broad SMARTS) is 1. The Bertz CT molecular complexity index is 5300. The lowest BCUT2D eigenvalue weighted by molar-refractivity contribution is -0.557. The molecule has 0 saturated heterocycles. The molecule has 0 radical (unpaired) electrons. The molecule has 3 aliphatic heterocycles. The highest BCUT2D eigenvalue weighted by Gasteiger charge is 2.49. The number of aliphatic carboxylic acids is 1. The van der Waals surface area contributed by atoms with E-state index in [1.807, 2.05) is 13.8 Å². The van der Waals surface area contributed by atoms with Crippen LogP contribution < -0.4 is 24.4 Å². The minimum atomic E-state index is -5.14. The Balaban J connectivity index is 1.19. The molecule has 8 rings (SSSR count). The monoisotopic (exact) mass is 1320 g/mol. The Hall–Kier alpha value is -11.1. The minimum absolute atomic E-state index is 0.00560. The summed E-state index contributed by atoms with van der Waals surface area (Å²) in [7, 11) is -14.9. The normalized spacial score (nSPS) is 14.9. The number of rotatable bonds is 19. The topological polar surface area (TPSA) is 304 Å². The van der Waals surface area contributed by atoms with Crippen LogP contribution in [0.1, 0.15) is 50.3 Å². The van der Waals surface area contributed by atoms with Gasteiger partial charge in [0.05, 0.1) is 39.8 Å². The van der Waals surface area contributed by atoms with Crippen LogP contribution in [0.25, 0.3) is 22.9 Å². The van der Waals surface area contributed by atoms with E-state index in [2.05, 4.69) is 121 Å². The number of carbonyl (C=O) groups excluding carboxylic acids is 1. The number of amides is 1. The molecule has 0 fully saturated rings. The molecule has 0 bridgehead atoms. The molecule has 466 valence electrons. The molecule has 6 N–H and O–H groups in total. The van der Waals surface area contributed by atoms with Crippen LogP contribution in [0.2, 0.25) is 0 Å². The molecule has 0 spiro atoms. The van der Waals surface area contributed by atoms with E-state index in [0.717, 1.165) is 17.0 Å². The number of hydrogen-bond donors (Lipinski definition) is 6. The number of allylic oxidation sites excluding steroid dienone is 8. The Morgan fingerprint density at radius 1 is 0.710 bits per heavy atom. The van der Waals surface area contributed by atoms with E-state index < -0.39 is 73.7 Å². The number of carboxylic acids is 1. The first-order valence-electron chi connectivity index (χ1n) is 26.6. The van der Waals surface area contributed by atoms with Crippen molar-refractivity contribution in [3.8, 4) is 5.75 Å². The first-order valence-corrected chi connectivity index (χ1v) is 31.6. The van der Waals surface area contributed by atoms with Crippen molar-refractivity contribution in [3.05, 3.63) is 278 Å². The van der Waals surface area contributed by atoms with Gasteiger partial charge in [-0.2, -0.15) is 25.3 Å². The van der Waals surface area contributed by atoms with Gasteiger partial charge in [-0.05, 0) is 146 Å². The molecule has 0 atom stereocenters. The van der Waals surface area contributed by atoms with E-state index >= 15 is 0 Å². The molecular formula is C67H49N5O17S4+2. The lowest BCUT2D eigenvalue weighted by Gasteiger charge is -2.26. The predicted molar refractivity (Wildman–Crippen MR) is 341 cm³/mol. The van der Waals surface area contributed by atoms with Crippen molar-refractivity contribution < 1.29 is 86.5 Å². The highest BCUT2D eigenvalue weighted by molar-refractivity contribution is 7.94. The van der Waals surface area contributed by atoms with E-state index in [-0.39, 0.29) is 57.9 Å². The highest BCUT2D eigenvalue weighted by atomic mass is 32.2. The van der Waals surface area contributed by atoms with Crippen molar-refractivity contribution in [1.29, 1.82) is 0 Å². The van der Waals surface area contributed by atoms with Crippen LogP contribution in [0.5, 0.6) is 5.75 Å². The van der Waals surface area contributed by atoms with Gasteiger partial charge in [-0.15, -0.1) is 13.5 Å². The summed E-state index contributed by atoms with van der Waals surface area (Å²) in [4.78, 5) is 29.3. The van der Waals surface area contributed by atoms with Gasteiger partial charge in [-0.1, -0.05) is 96.4 Å². The van der Waals surface area contributed by atoms with Crippen molar-refractivity contribution in [2.24, 2.45) is 0 Å². The lowest BCUT2D eigenvalue weighted by Crippen LogP contribution is -2.42. The molecule has 4 heterocycles. The van der Waals surface area contributed by atoms with E-state index in [0.29, 0.717) is 45.0 Å². The van der Waals surface area contributed by atoms with Crippen LogP contribution in [0.15, 0.2) is 269 Å². The maximum Gasteiger partial charge on any atom is 0.383 e. The summed E-state index contributed by atoms with van der Waals surface area (Å²) >= 11 is 0.610. The zero-order valence-electron chi connectivity index (χ0n) is 49.2. The highest BCUT2D eigenvalue weighted by Crippen LogP contribution is 2.51. The first-order chi connectivity index (χ1) is 44.1. The van der Waals surface area contributed by atoms with Gasteiger partial charge in [0.25, 0.3) is 15.6 Å². The summed E-state index contributed by atoms with van der Waals surface area (Å²) in [5, 5.41) is 24.3. The standard InChI is InChI=1S/C67H47N5O17S4/c1-9-13-18-33-62(92(80,81)82)71-50-28-23-22-25-48(50)66(5,6)58(71)29-24-30-59-67(7,8)49-41-45(35-38-51(49)72(59)63(93(83,84)85)34-19-14-10-2)44-68-64(73)52(26-15-11-3)69-54-42-46(90-89-88-76)36-39-56(54)86-60(69)31-20-17-21-32-61-70(53(65(74)75)27-16-12-4)55-43-47(91(77,78)79)37-40-57(55)87-61/h17,20-25,28-32,35-43H,1-4,44H2,5-8H3,(H4-2,68,73,74,75,76,77,78,79,80,81,82,83,84,85)/p+2. The third-order valence-electron chi connectivity index (χ3n) is 13.8. The molecule has 93 heavy (non-hydrogen) atoms. The third kappa shape index (κ3) is 14.6. The number of aromatic nitrogens is 1. The smallest absolute Gasteiger partial charge is 0.383 e. The van der Waals surface area contributed by atoms with Crippen LogP contribution in [0.4, 0.5) is 17.1 Å². The van der Waals surface area contributed by atoms with Gasteiger partial charge in [-0.25, -0.2) is 10.1 Å². The van der Waals surface area contributed by atoms with Gasteiger partial charge in [0.2, 0.25) is 22.2 Å². The Kier molecular flexibility index (Phi) is 20.4. The lowest BCUT2D eigenvalue weighted by atomic mass is 9.81. The molecule has 5 aromatic rings. The Morgan fingerprint density at radius 2 is 1.41 bits per heavy atom. The summed E-state index contributed by atoms with van der Waals surface area (Å²) in [5.74, 6) is -2.45. The maximum atomic E-state index is 14.7. The second-order valence-corrected chi connectivity index (χ2v) is 25.1. The van der Waals surface area contributed by atoms with Gasteiger partial charge in [0.15, 0.2) is 17.2 Å². The fourth-order valence-electron chi connectivity index (χ4n) is 9.89. The zero-order chi connectivity index (χ0) is 67.6. The maximum absolute atomic E-state index is 14.7. The van der Waals surface area contributed by atoms with Crippen molar-refractivity contribution >= 4 is 99.9 Å². The predicted octanol–water partition coefficient (Wildman–Crippen LogP) is 10.6. The fourth-order valence-corrected chi connectivity index (χ4v) is 12.0. The number of hydrogen-bond acceptors (Lipinski definition) is 16. The largest absolute Gasteiger partial charge is 0.476 e. The molecule has 3 aliphatic rings. The van der Waals surface area contributed by atoms with Gasteiger partial charge in [0, 0.05) is 57.8 Å². The number of oxazole rings is 1. The van der Waals surface area contributed by atoms with Crippen molar-refractivity contribution in [1.82, 2.24) is 5.32 Å². The number of anilines is 2. The van der Waals surface area contributed by atoms with Crippen molar-refractivity contribution in [2.45, 2.75) is 54.9 Å². The summed E-state index contributed by atoms with van der Waals surface area (Å²) in [5.41, 5.74) is 34.2. The number of carbonyl (C=O) groups is 2. The fraction of sp³-hybridized carbons (Fsp3) is 0.104. The van der Waals surface area contributed by atoms with Crippen LogP contribution in [-0.2, 0) is 66.7 Å². The molecule has 0 aliphatic carbocycles. The van der Waals surface area contributed by atoms with Crippen molar-refractivity contribution in [2.75, 3.05) is 9.80 Å². The molecule has 0 unspecified atom stereocenters. The van der Waals surface area contributed by atoms with Crippen LogP contribution >= 0.6 is 12.0 Å². The quantitative estimate of drug-likeness (QED) is 0.00654. The molecule has 0 saturated carbocycles. The molecule has 1 amide bonds. The summed E-state index contributed by atoms with van der Waals surface area (Å²) in [6.45, 7) is 20.8. The minimum Gasteiger partial charge on any atom is -0.476 e. The SMILES string of the molecule is C=C=C=C=C=C(N1C(=CC=CC2=[N+](C(=C=C=C=C=C)S(=O)(=O)O)c3ccccc3C2(C)C)C(C)(C)c2cc(CNC(=O)C(=C=C=C=C)[n+]3c(C=CC=CC=C4Oc5ccc(S(=O)(=O)O)cc5N4C(=C=C=C=C)C(=O)O)oc4ccc(SOOO)cc43)ccc21)S(=O)(=O)O. The van der Waals surface area contributed by atoms with Crippen LogP contribution in [-0.4, -0.2) is 71.4 Å².